The van der Waals surface area contributed by atoms with Gasteiger partial charge in [0, 0.05) is 35.8 Å². The first-order chi connectivity index (χ1) is 6.99. The monoisotopic (exact) mass is 204 g/mol. The van der Waals surface area contributed by atoms with E-state index in [1.165, 1.54) is 6.08 Å². The predicted octanol–water partition coefficient (Wildman–Crippen LogP) is 2.17. The quantitative estimate of drug-likeness (QED) is 0.606. The first kappa shape index (κ1) is 11.4. The van der Waals surface area contributed by atoms with Crippen molar-refractivity contribution < 1.29 is 4.79 Å². The Kier molecular flexibility index (Phi) is 3.61. The topological polar surface area (TPSA) is 42.0 Å². The maximum atomic E-state index is 11.6. The van der Waals surface area contributed by atoms with E-state index < -0.39 is 0 Å². The Balaban J connectivity index is 2.57. The molecule has 0 radical (unpaired) electrons. The largest absolute Gasteiger partial charge is 0.386 e. The average molecular weight is 204 g/mol. The minimum Gasteiger partial charge on any atom is -0.386 e. The molecule has 1 heterocycles. The fourth-order valence-corrected chi connectivity index (χ4v) is 0.972. The Hall–Kier alpha value is -1.64. The van der Waals surface area contributed by atoms with E-state index in [-0.39, 0.29) is 11.3 Å². The lowest BCUT2D eigenvalue weighted by molar-refractivity contribution is 0.104. The highest BCUT2D eigenvalue weighted by Crippen LogP contribution is 2.00. The molecule has 1 aromatic rings. The van der Waals surface area contributed by atoms with Crippen molar-refractivity contribution in [2.45, 2.75) is 26.3 Å². The van der Waals surface area contributed by atoms with Gasteiger partial charge in [-0.15, -0.1) is 0 Å². The van der Waals surface area contributed by atoms with Gasteiger partial charge in [0.1, 0.15) is 0 Å². The van der Waals surface area contributed by atoms with E-state index in [4.69, 9.17) is 0 Å². The number of pyridine rings is 1. The van der Waals surface area contributed by atoms with Gasteiger partial charge in [-0.05, 0) is 32.9 Å². The van der Waals surface area contributed by atoms with Crippen molar-refractivity contribution in [3.8, 4) is 0 Å². The first-order valence-corrected chi connectivity index (χ1v) is 4.88. The maximum absolute atomic E-state index is 11.6. The Morgan fingerprint density at radius 3 is 2.73 bits per heavy atom. The van der Waals surface area contributed by atoms with Crippen LogP contribution in [0.3, 0.4) is 0 Å². The lowest BCUT2D eigenvalue weighted by Gasteiger charge is -2.18. The van der Waals surface area contributed by atoms with Crippen molar-refractivity contribution in [2.24, 2.45) is 0 Å². The number of nitrogens with one attached hydrogen (secondary N) is 1. The van der Waals surface area contributed by atoms with Gasteiger partial charge in [-0.2, -0.15) is 0 Å². The summed E-state index contributed by atoms with van der Waals surface area (Å²) in [5.74, 6) is -0.0418. The molecule has 0 aromatic carbocycles. The Morgan fingerprint density at radius 2 is 2.20 bits per heavy atom. The summed E-state index contributed by atoms with van der Waals surface area (Å²) in [4.78, 5) is 15.5. The fourth-order valence-electron chi connectivity index (χ4n) is 0.972. The summed E-state index contributed by atoms with van der Waals surface area (Å²) in [5.41, 5.74) is 0.579. The third-order valence-electron chi connectivity index (χ3n) is 1.70. The van der Waals surface area contributed by atoms with Crippen molar-refractivity contribution in [1.82, 2.24) is 10.3 Å². The van der Waals surface area contributed by atoms with Gasteiger partial charge in [0.2, 0.25) is 0 Å². The van der Waals surface area contributed by atoms with Crippen LogP contribution < -0.4 is 5.32 Å². The summed E-state index contributed by atoms with van der Waals surface area (Å²) in [7, 11) is 0. The normalized spacial score (nSPS) is 11.7. The van der Waals surface area contributed by atoms with E-state index in [1.807, 2.05) is 20.8 Å². The molecule has 0 aliphatic carbocycles. The zero-order valence-corrected chi connectivity index (χ0v) is 9.32. The molecule has 0 spiro atoms. The van der Waals surface area contributed by atoms with E-state index in [2.05, 4.69) is 10.3 Å². The van der Waals surface area contributed by atoms with Crippen LogP contribution in [-0.2, 0) is 0 Å². The van der Waals surface area contributed by atoms with E-state index in [9.17, 15) is 4.79 Å². The first-order valence-electron chi connectivity index (χ1n) is 4.88. The summed E-state index contributed by atoms with van der Waals surface area (Å²) < 4.78 is 0. The van der Waals surface area contributed by atoms with Gasteiger partial charge in [0.15, 0.2) is 5.78 Å². The number of hydrogen-bond acceptors (Lipinski definition) is 3. The molecule has 0 aliphatic rings. The van der Waals surface area contributed by atoms with Crippen LogP contribution in [0.2, 0.25) is 0 Å². The van der Waals surface area contributed by atoms with Crippen LogP contribution in [0.5, 0.6) is 0 Å². The zero-order chi connectivity index (χ0) is 11.3. The summed E-state index contributed by atoms with van der Waals surface area (Å²) in [6.45, 7) is 6.10. The molecule has 0 atom stereocenters. The van der Waals surface area contributed by atoms with Crippen molar-refractivity contribution in [2.75, 3.05) is 0 Å². The lowest BCUT2D eigenvalue weighted by Crippen LogP contribution is -2.31. The average Bonchev–Trinajstić information content (AvgIpc) is 2.17. The third-order valence-corrected chi connectivity index (χ3v) is 1.70. The van der Waals surface area contributed by atoms with E-state index in [1.54, 1.807) is 30.7 Å². The molecule has 0 fully saturated rings. The van der Waals surface area contributed by atoms with E-state index in [0.717, 1.165) is 0 Å². The molecule has 0 saturated heterocycles. The predicted molar refractivity (Wildman–Crippen MR) is 60.6 cm³/mol. The summed E-state index contributed by atoms with van der Waals surface area (Å²) in [6, 6.07) is 3.50. The molecule has 0 saturated carbocycles. The number of ketones is 1. The van der Waals surface area contributed by atoms with Crippen LogP contribution in [-0.4, -0.2) is 16.3 Å². The van der Waals surface area contributed by atoms with Gasteiger partial charge < -0.3 is 5.32 Å². The van der Waals surface area contributed by atoms with Crippen LogP contribution in [0.1, 0.15) is 31.1 Å². The highest BCUT2D eigenvalue weighted by atomic mass is 16.1. The number of nitrogens with zero attached hydrogens (tertiary/aromatic N) is 1. The molecule has 1 N–H and O–H groups in total. The zero-order valence-electron chi connectivity index (χ0n) is 9.32. The smallest absolute Gasteiger partial charge is 0.188 e. The SMILES string of the molecule is CC(C)(C)N/C=C/C(=O)c1cccnc1. The van der Waals surface area contributed by atoms with Crippen molar-refractivity contribution in [3.63, 3.8) is 0 Å². The summed E-state index contributed by atoms with van der Waals surface area (Å²) in [6.07, 6.45) is 6.40. The molecule has 15 heavy (non-hydrogen) atoms. The van der Waals surface area contributed by atoms with Gasteiger partial charge in [0.25, 0.3) is 0 Å². The van der Waals surface area contributed by atoms with Gasteiger partial charge in [-0.3, -0.25) is 9.78 Å². The third kappa shape index (κ3) is 4.40. The fraction of sp³-hybridized carbons (Fsp3) is 0.333. The van der Waals surface area contributed by atoms with Crippen LogP contribution in [0, 0.1) is 0 Å². The van der Waals surface area contributed by atoms with E-state index >= 15 is 0 Å². The number of allylic oxidation sites excluding steroid dienone is 1. The molecule has 0 amide bonds. The number of rotatable bonds is 3. The maximum Gasteiger partial charge on any atom is 0.188 e. The molecule has 3 heteroatoms. The Morgan fingerprint density at radius 1 is 1.47 bits per heavy atom. The molecule has 0 aliphatic heterocycles. The lowest BCUT2D eigenvalue weighted by atomic mass is 10.1. The molecule has 0 bridgehead atoms. The van der Waals surface area contributed by atoms with Crippen LogP contribution in [0.4, 0.5) is 0 Å². The molecular weight excluding hydrogens is 188 g/mol. The van der Waals surface area contributed by atoms with E-state index in [0.29, 0.717) is 5.56 Å². The minimum absolute atomic E-state index is 0.0221. The van der Waals surface area contributed by atoms with Crippen molar-refractivity contribution in [3.05, 3.63) is 42.4 Å². The highest BCUT2D eigenvalue weighted by molar-refractivity contribution is 6.04. The van der Waals surface area contributed by atoms with Gasteiger partial charge in [0.05, 0.1) is 0 Å². The second-order valence-corrected chi connectivity index (χ2v) is 4.33. The van der Waals surface area contributed by atoms with Crippen molar-refractivity contribution in [1.29, 1.82) is 0 Å². The standard InChI is InChI=1S/C12H16N2O/c1-12(2,3)14-8-6-11(15)10-5-4-7-13-9-10/h4-9,14H,1-3H3/b8-6+. The second kappa shape index (κ2) is 4.73. The van der Waals surface area contributed by atoms with Crippen molar-refractivity contribution >= 4 is 5.78 Å². The molecule has 1 aromatic heterocycles. The van der Waals surface area contributed by atoms with Gasteiger partial charge >= 0.3 is 0 Å². The van der Waals surface area contributed by atoms with Crippen LogP contribution in [0.15, 0.2) is 36.8 Å². The minimum atomic E-state index is -0.0418. The molecule has 3 nitrogen and oxygen atoms in total. The molecule has 80 valence electrons. The van der Waals surface area contributed by atoms with Crippen LogP contribution >= 0.6 is 0 Å². The Bertz CT molecular complexity index is 350. The van der Waals surface area contributed by atoms with Gasteiger partial charge in [-0.1, -0.05) is 0 Å². The Labute approximate surface area is 90.2 Å². The second-order valence-electron chi connectivity index (χ2n) is 4.33. The number of hydrogen-bond donors (Lipinski definition) is 1. The highest BCUT2D eigenvalue weighted by Gasteiger charge is 2.05. The van der Waals surface area contributed by atoms with Crippen LogP contribution in [0.25, 0.3) is 0 Å². The summed E-state index contributed by atoms with van der Waals surface area (Å²) in [5, 5.41) is 3.10. The molecular formula is C12H16N2O. The van der Waals surface area contributed by atoms with Gasteiger partial charge in [-0.25, -0.2) is 0 Å². The molecule has 0 unspecified atom stereocenters. The summed E-state index contributed by atoms with van der Waals surface area (Å²) >= 11 is 0. The number of aromatic nitrogens is 1. The number of carbonyl (C=O) groups is 1. The number of carbonyl (C=O) groups excluding carboxylic acids is 1. The molecule has 1 rings (SSSR count).